The van der Waals surface area contributed by atoms with Gasteiger partial charge in [0.1, 0.15) is 0 Å². The van der Waals surface area contributed by atoms with Crippen molar-refractivity contribution in [3.05, 3.63) is 29.3 Å². The minimum atomic E-state index is -0.306. The molecule has 1 aliphatic heterocycles. The molecule has 0 amide bonds. The first-order valence-corrected chi connectivity index (χ1v) is 6.21. The smallest absolute Gasteiger partial charge is 0.0642 e. The van der Waals surface area contributed by atoms with Crippen LogP contribution in [0.5, 0.6) is 0 Å². The van der Waals surface area contributed by atoms with Crippen LogP contribution in [-0.4, -0.2) is 26.3 Å². The van der Waals surface area contributed by atoms with Crippen LogP contribution in [0.4, 0.5) is 5.69 Å². The highest BCUT2D eigenvalue weighted by Gasteiger charge is 2.22. The van der Waals surface area contributed by atoms with Crippen LogP contribution in [0.15, 0.2) is 18.2 Å². The van der Waals surface area contributed by atoms with E-state index in [0.717, 1.165) is 26.3 Å². The average molecular weight is 234 g/mol. The van der Waals surface area contributed by atoms with Crippen LogP contribution in [-0.2, 0) is 10.3 Å². The molecule has 94 valence electrons. The second-order valence-corrected chi connectivity index (χ2v) is 5.34. The standard InChI is InChI=1S/C14H22N2O/c1-11-4-5-13(12(10-11)14(2,3)15)16-6-8-17-9-7-16/h4-5,10H,6-9,15H2,1-3H3. The van der Waals surface area contributed by atoms with Gasteiger partial charge in [-0.05, 0) is 32.4 Å². The molecule has 0 unspecified atom stereocenters. The number of morpholine rings is 1. The molecule has 0 spiro atoms. The van der Waals surface area contributed by atoms with Crippen molar-refractivity contribution in [3.63, 3.8) is 0 Å². The molecule has 2 N–H and O–H groups in total. The largest absolute Gasteiger partial charge is 0.378 e. The molecule has 1 aliphatic rings. The summed E-state index contributed by atoms with van der Waals surface area (Å²) in [7, 11) is 0. The average Bonchev–Trinajstić information content (AvgIpc) is 2.29. The lowest BCUT2D eigenvalue weighted by Crippen LogP contribution is -2.39. The number of ether oxygens (including phenoxy) is 1. The van der Waals surface area contributed by atoms with Crippen LogP contribution in [0.3, 0.4) is 0 Å². The Bertz CT molecular complexity index is 390. The molecular formula is C14H22N2O. The molecule has 1 fully saturated rings. The molecule has 3 nitrogen and oxygen atoms in total. The maximum Gasteiger partial charge on any atom is 0.0642 e. The lowest BCUT2D eigenvalue weighted by Gasteiger charge is -2.34. The third-order valence-corrected chi connectivity index (χ3v) is 3.20. The molecular weight excluding hydrogens is 212 g/mol. The van der Waals surface area contributed by atoms with E-state index in [1.165, 1.54) is 16.8 Å². The normalized spacial score (nSPS) is 17.3. The Balaban J connectivity index is 2.38. The summed E-state index contributed by atoms with van der Waals surface area (Å²) >= 11 is 0. The quantitative estimate of drug-likeness (QED) is 0.851. The summed E-state index contributed by atoms with van der Waals surface area (Å²) < 4.78 is 5.40. The van der Waals surface area contributed by atoms with E-state index in [0.29, 0.717) is 0 Å². The van der Waals surface area contributed by atoms with Gasteiger partial charge in [0.05, 0.1) is 13.2 Å². The van der Waals surface area contributed by atoms with E-state index < -0.39 is 0 Å². The van der Waals surface area contributed by atoms with Crippen molar-refractivity contribution in [2.45, 2.75) is 26.3 Å². The Morgan fingerprint density at radius 2 is 1.88 bits per heavy atom. The molecule has 2 rings (SSSR count). The van der Waals surface area contributed by atoms with Crippen LogP contribution in [0.25, 0.3) is 0 Å². The molecule has 3 heteroatoms. The number of nitrogens with two attached hydrogens (primary N) is 1. The second-order valence-electron chi connectivity index (χ2n) is 5.34. The van der Waals surface area contributed by atoms with E-state index in [-0.39, 0.29) is 5.54 Å². The zero-order valence-corrected chi connectivity index (χ0v) is 11.0. The maximum absolute atomic E-state index is 6.28. The summed E-state index contributed by atoms with van der Waals surface area (Å²) in [6.07, 6.45) is 0. The first kappa shape index (κ1) is 12.4. The predicted molar refractivity (Wildman–Crippen MR) is 71.4 cm³/mol. The van der Waals surface area contributed by atoms with Gasteiger partial charge in [-0.15, -0.1) is 0 Å². The van der Waals surface area contributed by atoms with Gasteiger partial charge in [0.15, 0.2) is 0 Å². The van der Waals surface area contributed by atoms with Crippen LogP contribution in [0.1, 0.15) is 25.0 Å². The first-order valence-electron chi connectivity index (χ1n) is 6.21. The fraction of sp³-hybridized carbons (Fsp3) is 0.571. The van der Waals surface area contributed by atoms with Gasteiger partial charge in [-0.1, -0.05) is 17.7 Å². The first-order chi connectivity index (χ1) is 7.98. The van der Waals surface area contributed by atoms with Gasteiger partial charge < -0.3 is 15.4 Å². The number of aryl methyl sites for hydroxylation is 1. The van der Waals surface area contributed by atoms with Crippen molar-refractivity contribution >= 4 is 5.69 Å². The molecule has 1 heterocycles. The Labute approximate surface area is 104 Å². The Hall–Kier alpha value is -1.06. The van der Waals surface area contributed by atoms with Gasteiger partial charge in [0.2, 0.25) is 0 Å². The van der Waals surface area contributed by atoms with Crippen molar-refractivity contribution in [3.8, 4) is 0 Å². The molecule has 0 atom stereocenters. The summed E-state index contributed by atoms with van der Waals surface area (Å²) in [4.78, 5) is 2.37. The number of benzene rings is 1. The van der Waals surface area contributed by atoms with Crippen molar-refractivity contribution in [1.82, 2.24) is 0 Å². The van der Waals surface area contributed by atoms with Gasteiger partial charge in [-0.3, -0.25) is 0 Å². The summed E-state index contributed by atoms with van der Waals surface area (Å²) in [5.41, 5.74) is 9.71. The van der Waals surface area contributed by atoms with Gasteiger partial charge >= 0.3 is 0 Å². The maximum atomic E-state index is 6.28. The van der Waals surface area contributed by atoms with Gasteiger partial charge in [0, 0.05) is 24.3 Å². The Morgan fingerprint density at radius 1 is 1.24 bits per heavy atom. The lowest BCUT2D eigenvalue weighted by molar-refractivity contribution is 0.122. The van der Waals surface area contributed by atoms with Crippen molar-refractivity contribution in [1.29, 1.82) is 0 Å². The van der Waals surface area contributed by atoms with E-state index in [9.17, 15) is 0 Å². The summed E-state index contributed by atoms with van der Waals surface area (Å²) in [6, 6.07) is 6.54. The zero-order valence-electron chi connectivity index (χ0n) is 11.0. The van der Waals surface area contributed by atoms with E-state index >= 15 is 0 Å². The van der Waals surface area contributed by atoms with Gasteiger partial charge in [0.25, 0.3) is 0 Å². The molecule has 1 aromatic carbocycles. The summed E-state index contributed by atoms with van der Waals surface area (Å²) in [5, 5.41) is 0. The van der Waals surface area contributed by atoms with Crippen molar-refractivity contribution in [2.75, 3.05) is 31.2 Å². The molecule has 0 bridgehead atoms. The predicted octanol–water partition coefficient (Wildman–Crippen LogP) is 2.03. The monoisotopic (exact) mass is 234 g/mol. The highest BCUT2D eigenvalue weighted by molar-refractivity contribution is 5.57. The van der Waals surface area contributed by atoms with Gasteiger partial charge in [-0.2, -0.15) is 0 Å². The van der Waals surface area contributed by atoms with Crippen LogP contribution in [0, 0.1) is 6.92 Å². The minimum absolute atomic E-state index is 0.306. The van der Waals surface area contributed by atoms with Crippen molar-refractivity contribution < 1.29 is 4.74 Å². The number of anilines is 1. The van der Waals surface area contributed by atoms with E-state index in [4.69, 9.17) is 10.5 Å². The molecule has 1 saturated heterocycles. The Kier molecular flexibility index (Phi) is 3.40. The van der Waals surface area contributed by atoms with Crippen LogP contribution >= 0.6 is 0 Å². The minimum Gasteiger partial charge on any atom is -0.378 e. The summed E-state index contributed by atoms with van der Waals surface area (Å²) in [6.45, 7) is 9.74. The SMILES string of the molecule is Cc1ccc(N2CCOCC2)c(C(C)(C)N)c1. The van der Waals surface area contributed by atoms with E-state index in [2.05, 4.69) is 43.9 Å². The molecule has 0 aromatic heterocycles. The topological polar surface area (TPSA) is 38.5 Å². The number of rotatable bonds is 2. The van der Waals surface area contributed by atoms with Gasteiger partial charge in [-0.25, -0.2) is 0 Å². The second kappa shape index (κ2) is 4.67. The highest BCUT2D eigenvalue weighted by atomic mass is 16.5. The van der Waals surface area contributed by atoms with Crippen LogP contribution < -0.4 is 10.6 Å². The molecule has 17 heavy (non-hydrogen) atoms. The number of nitrogens with zero attached hydrogens (tertiary/aromatic N) is 1. The molecule has 0 saturated carbocycles. The third kappa shape index (κ3) is 2.79. The third-order valence-electron chi connectivity index (χ3n) is 3.20. The molecule has 0 aliphatic carbocycles. The number of hydrogen-bond acceptors (Lipinski definition) is 3. The van der Waals surface area contributed by atoms with E-state index in [1.807, 2.05) is 0 Å². The Morgan fingerprint density at radius 3 is 2.47 bits per heavy atom. The zero-order chi connectivity index (χ0) is 12.5. The fourth-order valence-electron chi connectivity index (χ4n) is 2.25. The molecule has 0 radical (unpaired) electrons. The van der Waals surface area contributed by atoms with Crippen LogP contribution in [0.2, 0.25) is 0 Å². The van der Waals surface area contributed by atoms with E-state index in [1.54, 1.807) is 0 Å². The fourth-order valence-corrected chi connectivity index (χ4v) is 2.25. The molecule has 1 aromatic rings. The summed E-state index contributed by atoms with van der Waals surface area (Å²) in [5.74, 6) is 0. The highest BCUT2D eigenvalue weighted by Crippen LogP contribution is 2.30. The lowest BCUT2D eigenvalue weighted by atomic mass is 9.91. The van der Waals surface area contributed by atoms with Crippen molar-refractivity contribution in [2.24, 2.45) is 5.73 Å². The number of hydrogen-bond donors (Lipinski definition) is 1.